The topological polar surface area (TPSA) is 98.1 Å². The maximum atomic E-state index is 12.5. The number of nitrogens with one attached hydrogen (secondary N) is 2. The van der Waals surface area contributed by atoms with Crippen molar-refractivity contribution < 1.29 is 14.3 Å². The van der Waals surface area contributed by atoms with Gasteiger partial charge in [0.15, 0.2) is 17.6 Å². The quantitative estimate of drug-likeness (QED) is 0.345. The Morgan fingerprint density at radius 3 is 2.46 bits per heavy atom. The minimum atomic E-state index is -0.251. The maximum Gasteiger partial charge on any atom is 0.258 e. The molecule has 4 aromatic rings. The molecule has 0 aliphatic rings. The molecule has 0 radical (unpaired) electrons. The van der Waals surface area contributed by atoms with Crippen LogP contribution in [0.3, 0.4) is 0 Å². The fraction of sp³-hybridized carbons (Fsp3) is 0.231. The van der Waals surface area contributed by atoms with E-state index in [1.165, 1.54) is 11.8 Å². The summed E-state index contributed by atoms with van der Waals surface area (Å²) >= 11 is 1.29. The number of thioether (sulfide) groups is 1. The summed E-state index contributed by atoms with van der Waals surface area (Å²) in [5.41, 5.74) is 2.74. The highest BCUT2D eigenvalue weighted by atomic mass is 32.2. The zero-order valence-electron chi connectivity index (χ0n) is 19.9. The number of aromatic nitrogens is 3. The number of aryl methyl sites for hydroxylation is 2. The van der Waals surface area contributed by atoms with Gasteiger partial charge in [-0.2, -0.15) is 0 Å². The zero-order chi connectivity index (χ0) is 24.8. The van der Waals surface area contributed by atoms with Gasteiger partial charge in [-0.25, -0.2) is 0 Å². The van der Waals surface area contributed by atoms with Gasteiger partial charge in [-0.15, -0.1) is 10.2 Å². The summed E-state index contributed by atoms with van der Waals surface area (Å²) < 4.78 is 7.46. The van der Waals surface area contributed by atoms with Gasteiger partial charge >= 0.3 is 0 Å². The van der Waals surface area contributed by atoms with Gasteiger partial charge in [0, 0.05) is 18.1 Å². The van der Waals surface area contributed by atoms with Crippen LogP contribution in [0.4, 0.5) is 5.69 Å². The molecule has 1 heterocycles. The molecular formula is C26H27N5O3S. The molecule has 9 heteroatoms. The van der Waals surface area contributed by atoms with Gasteiger partial charge in [0.1, 0.15) is 5.75 Å². The van der Waals surface area contributed by atoms with E-state index >= 15 is 0 Å². The number of para-hydroxylation sites is 1. The van der Waals surface area contributed by atoms with Crippen LogP contribution in [0.1, 0.15) is 17.0 Å². The first-order valence-corrected chi connectivity index (χ1v) is 12.2. The molecule has 35 heavy (non-hydrogen) atoms. The molecule has 1 aromatic heterocycles. The van der Waals surface area contributed by atoms with Crippen LogP contribution in [0.15, 0.2) is 65.8 Å². The molecular weight excluding hydrogens is 462 g/mol. The fourth-order valence-corrected chi connectivity index (χ4v) is 4.40. The van der Waals surface area contributed by atoms with E-state index < -0.39 is 0 Å². The number of anilines is 1. The average Bonchev–Trinajstić information content (AvgIpc) is 3.20. The Labute approximate surface area is 208 Å². The van der Waals surface area contributed by atoms with Crippen LogP contribution in [-0.2, 0) is 23.2 Å². The van der Waals surface area contributed by atoms with Crippen molar-refractivity contribution in [3.8, 4) is 5.75 Å². The lowest BCUT2D eigenvalue weighted by atomic mass is 10.1. The third-order valence-corrected chi connectivity index (χ3v) is 6.54. The van der Waals surface area contributed by atoms with Crippen molar-refractivity contribution >= 4 is 40.0 Å². The van der Waals surface area contributed by atoms with E-state index in [1.807, 2.05) is 74.5 Å². The predicted molar refractivity (Wildman–Crippen MR) is 138 cm³/mol. The fourth-order valence-electron chi connectivity index (χ4n) is 3.67. The summed E-state index contributed by atoms with van der Waals surface area (Å²) in [6.45, 7) is 4.02. The van der Waals surface area contributed by atoms with Crippen LogP contribution in [0, 0.1) is 13.8 Å². The smallest absolute Gasteiger partial charge is 0.258 e. The Morgan fingerprint density at radius 1 is 0.943 bits per heavy atom. The largest absolute Gasteiger partial charge is 0.483 e. The van der Waals surface area contributed by atoms with Gasteiger partial charge < -0.3 is 19.9 Å². The van der Waals surface area contributed by atoms with Gasteiger partial charge in [0.25, 0.3) is 5.91 Å². The first-order valence-electron chi connectivity index (χ1n) is 11.2. The van der Waals surface area contributed by atoms with Gasteiger partial charge in [0.05, 0.1) is 12.3 Å². The monoisotopic (exact) mass is 489 g/mol. The third-order valence-electron chi connectivity index (χ3n) is 5.52. The summed E-state index contributed by atoms with van der Waals surface area (Å²) in [4.78, 5) is 24.8. The van der Waals surface area contributed by atoms with E-state index in [4.69, 9.17) is 4.74 Å². The summed E-state index contributed by atoms with van der Waals surface area (Å²) in [5.74, 6) is 1.11. The second-order valence-corrected chi connectivity index (χ2v) is 9.05. The summed E-state index contributed by atoms with van der Waals surface area (Å²) in [6.07, 6.45) is 0. The molecule has 3 aromatic carbocycles. The standard InChI is InChI=1S/C26H27N5O3S/c1-17-8-6-9-18(2)25(17)34-15-23(32)27-14-22-29-30-26(31(22)3)35-16-24(33)28-21-13-7-11-19-10-4-5-12-20(19)21/h4-13H,14-16H2,1-3H3,(H,27,32)(H,28,33). The van der Waals surface area contributed by atoms with E-state index in [0.29, 0.717) is 11.0 Å². The van der Waals surface area contributed by atoms with Crippen LogP contribution in [0.2, 0.25) is 0 Å². The lowest BCUT2D eigenvalue weighted by Gasteiger charge is -2.12. The molecule has 0 spiro atoms. The van der Waals surface area contributed by atoms with Crippen molar-refractivity contribution in [1.29, 1.82) is 0 Å². The second kappa shape index (κ2) is 11.1. The van der Waals surface area contributed by atoms with E-state index in [2.05, 4.69) is 20.8 Å². The first-order chi connectivity index (χ1) is 16.9. The molecule has 0 saturated heterocycles. The number of benzene rings is 3. The molecule has 0 aliphatic heterocycles. The number of carbonyl (C=O) groups excluding carboxylic acids is 2. The SMILES string of the molecule is Cc1cccc(C)c1OCC(=O)NCc1nnc(SCC(=O)Nc2cccc3ccccc23)n1C. The second-order valence-electron chi connectivity index (χ2n) is 8.11. The van der Waals surface area contributed by atoms with Gasteiger partial charge in [-0.3, -0.25) is 9.59 Å². The Bertz CT molecular complexity index is 1340. The minimum Gasteiger partial charge on any atom is -0.483 e. The van der Waals surface area contributed by atoms with Crippen molar-refractivity contribution in [2.45, 2.75) is 25.5 Å². The number of amides is 2. The number of hydrogen-bond acceptors (Lipinski definition) is 6. The van der Waals surface area contributed by atoms with E-state index in [0.717, 1.165) is 33.3 Å². The molecule has 4 rings (SSSR count). The maximum absolute atomic E-state index is 12.5. The molecule has 2 amide bonds. The van der Waals surface area contributed by atoms with Crippen molar-refractivity contribution in [2.24, 2.45) is 7.05 Å². The molecule has 0 fully saturated rings. The zero-order valence-corrected chi connectivity index (χ0v) is 20.7. The number of carbonyl (C=O) groups is 2. The highest BCUT2D eigenvalue weighted by Gasteiger charge is 2.14. The van der Waals surface area contributed by atoms with Crippen molar-refractivity contribution in [3.05, 3.63) is 77.6 Å². The summed E-state index contributed by atoms with van der Waals surface area (Å²) in [7, 11) is 1.81. The van der Waals surface area contributed by atoms with Crippen molar-refractivity contribution in [2.75, 3.05) is 17.7 Å². The molecule has 2 N–H and O–H groups in total. The van der Waals surface area contributed by atoms with E-state index in [1.54, 1.807) is 11.6 Å². The highest BCUT2D eigenvalue weighted by Crippen LogP contribution is 2.24. The predicted octanol–water partition coefficient (Wildman–Crippen LogP) is 4.01. The number of fused-ring (bicyclic) bond motifs is 1. The molecule has 0 unspecified atom stereocenters. The Morgan fingerprint density at radius 2 is 1.66 bits per heavy atom. The van der Waals surface area contributed by atoms with Gasteiger partial charge in [-0.1, -0.05) is 66.4 Å². The molecule has 0 bridgehead atoms. The van der Waals surface area contributed by atoms with Crippen LogP contribution >= 0.6 is 11.8 Å². The Kier molecular flexibility index (Phi) is 7.67. The molecule has 0 saturated carbocycles. The molecule has 8 nitrogen and oxygen atoms in total. The number of rotatable bonds is 9. The van der Waals surface area contributed by atoms with E-state index in [9.17, 15) is 9.59 Å². The molecule has 0 atom stereocenters. The highest BCUT2D eigenvalue weighted by molar-refractivity contribution is 7.99. The Balaban J connectivity index is 1.27. The molecule has 180 valence electrons. The third kappa shape index (κ3) is 5.99. The number of ether oxygens (including phenoxy) is 1. The summed E-state index contributed by atoms with van der Waals surface area (Å²) in [6, 6.07) is 19.6. The van der Waals surface area contributed by atoms with Crippen LogP contribution in [-0.4, -0.2) is 38.9 Å². The van der Waals surface area contributed by atoms with Gasteiger partial charge in [-0.05, 0) is 36.4 Å². The summed E-state index contributed by atoms with van der Waals surface area (Å²) in [5, 5.41) is 16.7. The average molecular weight is 490 g/mol. The van der Waals surface area contributed by atoms with Crippen molar-refractivity contribution in [1.82, 2.24) is 20.1 Å². The van der Waals surface area contributed by atoms with E-state index in [-0.39, 0.29) is 30.7 Å². The number of nitrogens with zero attached hydrogens (tertiary/aromatic N) is 3. The molecule has 0 aliphatic carbocycles. The lowest BCUT2D eigenvalue weighted by Crippen LogP contribution is -2.29. The van der Waals surface area contributed by atoms with Crippen LogP contribution in [0.5, 0.6) is 5.75 Å². The number of hydrogen-bond donors (Lipinski definition) is 2. The normalized spacial score (nSPS) is 10.8. The van der Waals surface area contributed by atoms with Gasteiger partial charge in [0.2, 0.25) is 5.91 Å². The van der Waals surface area contributed by atoms with Crippen LogP contribution < -0.4 is 15.4 Å². The van der Waals surface area contributed by atoms with Crippen LogP contribution in [0.25, 0.3) is 10.8 Å². The van der Waals surface area contributed by atoms with Crippen molar-refractivity contribution in [3.63, 3.8) is 0 Å². The lowest BCUT2D eigenvalue weighted by molar-refractivity contribution is -0.123. The minimum absolute atomic E-state index is 0.0838. The Hall–Kier alpha value is -3.85. The first kappa shape index (κ1) is 24.3.